The standard InChI is InChI=1S/C15H24N4O2.HI/c1-11-6-5-7-12(10-11)19-13(16)17-8-9-18-14(20)21-15(2,3)4;/h5-7,10H,8-9H2,1-4H3,(H,18,20)(H3,16,17,19);1H. The normalized spacial score (nSPS) is 11.4. The van der Waals surface area contributed by atoms with E-state index in [1.807, 2.05) is 52.0 Å². The molecule has 6 nitrogen and oxygen atoms in total. The van der Waals surface area contributed by atoms with Crippen LogP contribution in [0.4, 0.5) is 10.5 Å². The van der Waals surface area contributed by atoms with Gasteiger partial charge in [0, 0.05) is 12.2 Å². The van der Waals surface area contributed by atoms with Crippen molar-refractivity contribution < 1.29 is 9.53 Å². The van der Waals surface area contributed by atoms with Crippen molar-refractivity contribution in [1.29, 1.82) is 0 Å². The molecule has 0 heterocycles. The molecular formula is C15H25IN4O2. The van der Waals surface area contributed by atoms with Crippen LogP contribution in [0.1, 0.15) is 26.3 Å². The van der Waals surface area contributed by atoms with Crippen molar-refractivity contribution in [2.45, 2.75) is 33.3 Å². The summed E-state index contributed by atoms with van der Waals surface area (Å²) in [6.45, 7) is 8.19. The van der Waals surface area contributed by atoms with Crippen LogP contribution in [-0.4, -0.2) is 30.7 Å². The van der Waals surface area contributed by atoms with Gasteiger partial charge in [-0.2, -0.15) is 0 Å². The molecule has 0 bridgehead atoms. The lowest BCUT2D eigenvalue weighted by molar-refractivity contribution is 0.0529. The zero-order valence-corrected chi connectivity index (χ0v) is 15.8. The zero-order chi connectivity index (χ0) is 15.9. The Morgan fingerprint density at radius 3 is 2.64 bits per heavy atom. The Balaban J connectivity index is 0.00000441. The largest absolute Gasteiger partial charge is 0.444 e. The molecule has 0 aliphatic rings. The molecule has 0 unspecified atom stereocenters. The first-order valence-corrected chi connectivity index (χ1v) is 6.87. The third-order valence-corrected chi connectivity index (χ3v) is 2.35. The summed E-state index contributed by atoms with van der Waals surface area (Å²) in [5, 5.41) is 5.61. The third kappa shape index (κ3) is 9.43. The second kappa shape index (κ2) is 9.50. The molecule has 0 aliphatic heterocycles. The van der Waals surface area contributed by atoms with E-state index in [1.165, 1.54) is 0 Å². The lowest BCUT2D eigenvalue weighted by atomic mass is 10.2. The number of alkyl carbamates (subject to hydrolysis) is 1. The zero-order valence-electron chi connectivity index (χ0n) is 13.5. The van der Waals surface area contributed by atoms with E-state index in [4.69, 9.17) is 10.5 Å². The number of ether oxygens (including phenoxy) is 1. The van der Waals surface area contributed by atoms with Crippen LogP contribution in [0.5, 0.6) is 0 Å². The number of hydrogen-bond donors (Lipinski definition) is 3. The molecule has 0 saturated carbocycles. The molecule has 7 heteroatoms. The summed E-state index contributed by atoms with van der Waals surface area (Å²) in [6.07, 6.45) is -0.456. The van der Waals surface area contributed by atoms with Crippen LogP contribution in [0.2, 0.25) is 0 Å². The van der Waals surface area contributed by atoms with Gasteiger partial charge in [0.05, 0.1) is 6.54 Å². The van der Waals surface area contributed by atoms with Crippen molar-refractivity contribution in [2.75, 3.05) is 18.4 Å². The van der Waals surface area contributed by atoms with Gasteiger partial charge >= 0.3 is 6.09 Å². The van der Waals surface area contributed by atoms with Gasteiger partial charge in [0.1, 0.15) is 5.60 Å². The molecule has 1 aromatic carbocycles. The van der Waals surface area contributed by atoms with E-state index in [-0.39, 0.29) is 24.0 Å². The summed E-state index contributed by atoms with van der Waals surface area (Å²) in [6, 6.07) is 7.83. The van der Waals surface area contributed by atoms with Crippen LogP contribution in [-0.2, 0) is 4.74 Å². The second-order valence-electron chi connectivity index (χ2n) is 5.69. The summed E-state index contributed by atoms with van der Waals surface area (Å²) < 4.78 is 5.11. The van der Waals surface area contributed by atoms with Gasteiger partial charge in [-0.1, -0.05) is 12.1 Å². The maximum absolute atomic E-state index is 11.4. The predicted molar refractivity (Wildman–Crippen MR) is 101 cm³/mol. The highest BCUT2D eigenvalue weighted by molar-refractivity contribution is 14.0. The van der Waals surface area contributed by atoms with Gasteiger partial charge in [-0.3, -0.25) is 4.99 Å². The van der Waals surface area contributed by atoms with Crippen molar-refractivity contribution in [3.8, 4) is 0 Å². The highest BCUT2D eigenvalue weighted by Gasteiger charge is 2.15. The minimum Gasteiger partial charge on any atom is -0.444 e. The minimum absolute atomic E-state index is 0. The number of aliphatic imine (C=N–C) groups is 1. The van der Waals surface area contributed by atoms with E-state index >= 15 is 0 Å². The fraction of sp³-hybridized carbons (Fsp3) is 0.467. The Kier molecular flexibility index (Phi) is 8.84. The molecule has 0 aromatic heterocycles. The van der Waals surface area contributed by atoms with E-state index < -0.39 is 11.7 Å². The van der Waals surface area contributed by atoms with Crippen molar-refractivity contribution in [2.24, 2.45) is 10.7 Å². The van der Waals surface area contributed by atoms with E-state index in [1.54, 1.807) is 0 Å². The molecule has 1 rings (SSSR count). The first-order valence-electron chi connectivity index (χ1n) is 6.87. The number of nitrogens with two attached hydrogens (primary N) is 1. The average Bonchev–Trinajstić information content (AvgIpc) is 2.32. The van der Waals surface area contributed by atoms with Crippen LogP contribution in [0.25, 0.3) is 0 Å². The van der Waals surface area contributed by atoms with E-state index in [0.29, 0.717) is 19.0 Å². The number of nitrogens with one attached hydrogen (secondary N) is 2. The topological polar surface area (TPSA) is 88.7 Å². The number of halogens is 1. The number of anilines is 1. The molecule has 4 N–H and O–H groups in total. The fourth-order valence-electron chi connectivity index (χ4n) is 1.56. The highest BCUT2D eigenvalue weighted by atomic mass is 127. The van der Waals surface area contributed by atoms with Gasteiger partial charge in [0.25, 0.3) is 0 Å². The second-order valence-corrected chi connectivity index (χ2v) is 5.69. The molecule has 0 radical (unpaired) electrons. The van der Waals surface area contributed by atoms with Crippen LogP contribution in [0, 0.1) is 6.92 Å². The van der Waals surface area contributed by atoms with Gasteiger partial charge in [-0.05, 0) is 45.4 Å². The first-order chi connectivity index (χ1) is 9.76. The minimum atomic E-state index is -0.501. The number of rotatable bonds is 4. The number of carbonyl (C=O) groups is 1. The quantitative estimate of drug-likeness (QED) is 0.303. The van der Waals surface area contributed by atoms with Crippen molar-refractivity contribution in [3.05, 3.63) is 29.8 Å². The van der Waals surface area contributed by atoms with Gasteiger partial charge in [-0.25, -0.2) is 4.79 Å². The molecule has 1 aromatic rings. The maximum atomic E-state index is 11.4. The number of nitrogens with zero attached hydrogens (tertiary/aromatic N) is 1. The Hall–Kier alpha value is -1.51. The molecule has 0 saturated heterocycles. The van der Waals surface area contributed by atoms with Crippen LogP contribution in [0.15, 0.2) is 29.3 Å². The summed E-state index contributed by atoms with van der Waals surface area (Å²) >= 11 is 0. The maximum Gasteiger partial charge on any atom is 0.407 e. The predicted octanol–water partition coefficient (Wildman–Crippen LogP) is 2.86. The summed E-state index contributed by atoms with van der Waals surface area (Å²) in [5.41, 5.74) is 7.29. The average molecular weight is 420 g/mol. The van der Waals surface area contributed by atoms with E-state index in [2.05, 4.69) is 15.6 Å². The number of guanidine groups is 1. The van der Waals surface area contributed by atoms with E-state index in [0.717, 1.165) is 11.3 Å². The SMILES string of the molecule is Cc1cccc(NC(N)=NCCNC(=O)OC(C)(C)C)c1.I. The lowest BCUT2D eigenvalue weighted by Gasteiger charge is -2.19. The summed E-state index contributed by atoms with van der Waals surface area (Å²) in [4.78, 5) is 15.5. The summed E-state index contributed by atoms with van der Waals surface area (Å²) in [7, 11) is 0. The molecule has 0 spiro atoms. The number of hydrogen-bond acceptors (Lipinski definition) is 3. The monoisotopic (exact) mass is 420 g/mol. The summed E-state index contributed by atoms with van der Waals surface area (Å²) in [5.74, 6) is 0.312. The number of amides is 1. The fourth-order valence-corrected chi connectivity index (χ4v) is 1.56. The van der Waals surface area contributed by atoms with Crippen LogP contribution < -0.4 is 16.4 Å². The molecular weight excluding hydrogens is 395 g/mol. The Morgan fingerprint density at radius 2 is 2.05 bits per heavy atom. The van der Waals surface area contributed by atoms with Gasteiger partial charge in [0.2, 0.25) is 0 Å². The third-order valence-electron chi connectivity index (χ3n) is 2.35. The number of aryl methyl sites for hydroxylation is 1. The Morgan fingerprint density at radius 1 is 1.36 bits per heavy atom. The highest BCUT2D eigenvalue weighted by Crippen LogP contribution is 2.08. The van der Waals surface area contributed by atoms with Gasteiger partial charge in [-0.15, -0.1) is 24.0 Å². The smallest absolute Gasteiger partial charge is 0.407 e. The Bertz CT molecular complexity index is 513. The lowest BCUT2D eigenvalue weighted by Crippen LogP contribution is -2.34. The number of carbonyl (C=O) groups excluding carboxylic acids is 1. The van der Waals surface area contributed by atoms with Crippen LogP contribution >= 0.6 is 24.0 Å². The van der Waals surface area contributed by atoms with Crippen molar-refractivity contribution in [3.63, 3.8) is 0 Å². The first kappa shape index (κ1) is 20.5. The van der Waals surface area contributed by atoms with Crippen LogP contribution in [0.3, 0.4) is 0 Å². The molecule has 0 aliphatic carbocycles. The molecule has 1 amide bonds. The Labute approximate surface area is 148 Å². The molecule has 22 heavy (non-hydrogen) atoms. The number of benzene rings is 1. The van der Waals surface area contributed by atoms with E-state index in [9.17, 15) is 4.79 Å². The van der Waals surface area contributed by atoms with Crippen molar-refractivity contribution in [1.82, 2.24) is 5.32 Å². The molecule has 124 valence electrons. The van der Waals surface area contributed by atoms with Gasteiger partial charge < -0.3 is 21.1 Å². The molecule has 0 fully saturated rings. The van der Waals surface area contributed by atoms with Gasteiger partial charge in [0.15, 0.2) is 5.96 Å². The van der Waals surface area contributed by atoms with Crippen molar-refractivity contribution >= 4 is 41.7 Å². The molecule has 0 atom stereocenters.